The van der Waals surface area contributed by atoms with Crippen molar-refractivity contribution >= 4 is 11.9 Å². The summed E-state index contributed by atoms with van der Waals surface area (Å²) in [4.78, 5) is 51.1. The second-order valence-corrected chi connectivity index (χ2v) is 5.63. The first-order valence-corrected chi connectivity index (χ1v) is 7.11. The second-order valence-electron chi connectivity index (χ2n) is 5.63. The summed E-state index contributed by atoms with van der Waals surface area (Å²) in [5.74, 6) is -1.76. The fourth-order valence-corrected chi connectivity index (χ4v) is 2.92. The number of H-pyrrole nitrogens is 1. The first kappa shape index (κ1) is 16.0. The molecule has 0 saturated heterocycles. The quantitative estimate of drug-likeness (QED) is 0.812. The predicted molar refractivity (Wildman–Crippen MR) is 77.8 cm³/mol. The van der Waals surface area contributed by atoms with Gasteiger partial charge in [-0.05, 0) is 12.8 Å². The molecule has 1 saturated carbocycles. The van der Waals surface area contributed by atoms with Crippen molar-refractivity contribution in [2.24, 2.45) is 7.05 Å². The fraction of sp³-hybridized carbons (Fsp3) is 0.571. The molecule has 1 amide bonds. The van der Waals surface area contributed by atoms with Crippen LogP contribution in [-0.2, 0) is 11.8 Å². The summed E-state index contributed by atoms with van der Waals surface area (Å²) in [5, 5.41) is 9.59. The lowest BCUT2D eigenvalue weighted by molar-refractivity contribution is -0.151. The van der Waals surface area contributed by atoms with E-state index in [1.54, 1.807) is 0 Å². The molecule has 1 aliphatic rings. The van der Waals surface area contributed by atoms with Crippen molar-refractivity contribution in [2.75, 3.05) is 7.05 Å². The summed E-state index contributed by atoms with van der Waals surface area (Å²) in [5.41, 5.74) is -2.90. The van der Waals surface area contributed by atoms with Crippen LogP contribution in [0.15, 0.2) is 15.8 Å². The number of hydrogen-bond acceptors (Lipinski definition) is 4. The number of nitrogens with one attached hydrogen (secondary N) is 1. The van der Waals surface area contributed by atoms with E-state index in [0.717, 1.165) is 22.1 Å². The van der Waals surface area contributed by atoms with Crippen molar-refractivity contribution in [2.45, 2.75) is 37.6 Å². The maximum absolute atomic E-state index is 12.6. The molecule has 1 aromatic rings. The molecule has 2 rings (SSSR count). The molecule has 1 heterocycles. The van der Waals surface area contributed by atoms with Gasteiger partial charge in [-0.3, -0.25) is 14.2 Å². The molecule has 0 unspecified atom stereocenters. The molecule has 0 radical (unpaired) electrons. The minimum Gasteiger partial charge on any atom is -0.479 e. The third-order valence-electron chi connectivity index (χ3n) is 4.44. The molecule has 120 valence electrons. The lowest BCUT2D eigenvalue weighted by Gasteiger charge is -2.40. The highest BCUT2D eigenvalue weighted by atomic mass is 16.4. The van der Waals surface area contributed by atoms with Crippen LogP contribution in [0.2, 0.25) is 0 Å². The van der Waals surface area contributed by atoms with Gasteiger partial charge in [-0.1, -0.05) is 19.3 Å². The van der Waals surface area contributed by atoms with Crippen LogP contribution in [0, 0.1) is 0 Å². The number of likely N-dealkylation sites (N-methyl/N-ethyl adjacent to an activating group) is 1. The van der Waals surface area contributed by atoms with Crippen molar-refractivity contribution in [1.29, 1.82) is 0 Å². The average Bonchev–Trinajstić information content (AvgIpc) is 2.52. The Labute approximate surface area is 126 Å². The molecule has 0 bridgehead atoms. The van der Waals surface area contributed by atoms with Crippen LogP contribution in [0.4, 0.5) is 0 Å². The smallest absolute Gasteiger partial charge is 0.329 e. The van der Waals surface area contributed by atoms with Crippen LogP contribution in [0.5, 0.6) is 0 Å². The van der Waals surface area contributed by atoms with Gasteiger partial charge < -0.3 is 15.0 Å². The molecule has 1 aromatic heterocycles. The zero-order chi connectivity index (χ0) is 16.5. The number of aliphatic carboxylic acids is 1. The number of rotatable bonds is 3. The Kier molecular flexibility index (Phi) is 4.20. The molecule has 8 nitrogen and oxygen atoms in total. The highest BCUT2D eigenvalue weighted by Crippen LogP contribution is 2.33. The molecule has 0 aliphatic heterocycles. The highest BCUT2D eigenvalue weighted by molar-refractivity contribution is 5.97. The SMILES string of the molecule is CN(C(=O)c1c[nH]c(=O)n(C)c1=O)C1(C(=O)O)CCCCC1. The van der Waals surface area contributed by atoms with Gasteiger partial charge in [0.1, 0.15) is 11.1 Å². The number of aromatic amines is 1. The van der Waals surface area contributed by atoms with E-state index in [1.807, 2.05) is 0 Å². The van der Waals surface area contributed by atoms with Gasteiger partial charge >= 0.3 is 11.7 Å². The Hall–Kier alpha value is -2.38. The summed E-state index contributed by atoms with van der Waals surface area (Å²) in [7, 11) is 2.65. The Morgan fingerprint density at radius 1 is 1.27 bits per heavy atom. The summed E-state index contributed by atoms with van der Waals surface area (Å²) in [6, 6.07) is 0. The number of carboxylic acids is 1. The number of nitrogens with zero attached hydrogens (tertiary/aromatic N) is 2. The van der Waals surface area contributed by atoms with Crippen molar-refractivity contribution in [1.82, 2.24) is 14.5 Å². The average molecular weight is 309 g/mol. The molecule has 1 fully saturated rings. The van der Waals surface area contributed by atoms with Crippen LogP contribution in [-0.4, -0.2) is 44.0 Å². The predicted octanol–water partition coefficient (Wildman–Crippen LogP) is -0.0669. The first-order chi connectivity index (χ1) is 10.3. The Morgan fingerprint density at radius 3 is 2.41 bits per heavy atom. The van der Waals surface area contributed by atoms with E-state index in [4.69, 9.17) is 0 Å². The largest absolute Gasteiger partial charge is 0.479 e. The number of carboxylic acid groups (broad SMARTS) is 1. The Bertz CT molecular complexity index is 712. The highest BCUT2D eigenvalue weighted by Gasteiger charge is 2.46. The van der Waals surface area contributed by atoms with E-state index in [2.05, 4.69) is 4.98 Å². The number of aromatic nitrogens is 2. The van der Waals surface area contributed by atoms with E-state index in [1.165, 1.54) is 14.1 Å². The molecule has 2 N–H and O–H groups in total. The van der Waals surface area contributed by atoms with Crippen LogP contribution in [0.1, 0.15) is 42.5 Å². The van der Waals surface area contributed by atoms with Gasteiger partial charge in [0.15, 0.2) is 0 Å². The Morgan fingerprint density at radius 2 is 1.86 bits per heavy atom. The minimum absolute atomic E-state index is 0.240. The zero-order valence-corrected chi connectivity index (χ0v) is 12.6. The molecule has 1 aliphatic carbocycles. The van der Waals surface area contributed by atoms with E-state index in [9.17, 15) is 24.3 Å². The minimum atomic E-state index is -1.30. The monoisotopic (exact) mass is 309 g/mol. The van der Waals surface area contributed by atoms with Crippen molar-refractivity contribution in [3.63, 3.8) is 0 Å². The van der Waals surface area contributed by atoms with Gasteiger partial charge in [-0.2, -0.15) is 0 Å². The standard InChI is InChI=1S/C14H19N3O5/c1-16-10(18)9(8-15-13(16)22)11(19)17(2)14(12(20)21)6-4-3-5-7-14/h8H,3-7H2,1-2H3,(H,15,22)(H,20,21). The summed E-state index contributed by atoms with van der Waals surface area (Å²) in [6.45, 7) is 0. The third kappa shape index (κ3) is 2.44. The van der Waals surface area contributed by atoms with Crippen LogP contribution >= 0.6 is 0 Å². The fourth-order valence-electron chi connectivity index (χ4n) is 2.92. The first-order valence-electron chi connectivity index (χ1n) is 7.11. The lowest BCUT2D eigenvalue weighted by Crippen LogP contribution is -2.57. The lowest BCUT2D eigenvalue weighted by atomic mass is 9.80. The van der Waals surface area contributed by atoms with Gasteiger partial charge in [0.25, 0.3) is 11.5 Å². The van der Waals surface area contributed by atoms with Gasteiger partial charge in [-0.25, -0.2) is 9.59 Å². The number of carbonyl (C=O) groups is 2. The van der Waals surface area contributed by atoms with Crippen molar-refractivity contribution in [3.8, 4) is 0 Å². The maximum Gasteiger partial charge on any atom is 0.329 e. The third-order valence-corrected chi connectivity index (χ3v) is 4.44. The molecular weight excluding hydrogens is 290 g/mol. The van der Waals surface area contributed by atoms with E-state index < -0.39 is 28.7 Å². The molecule has 8 heteroatoms. The van der Waals surface area contributed by atoms with Gasteiger partial charge in [0, 0.05) is 20.3 Å². The summed E-state index contributed by atoms with van der Waals surface area (Å²) >= 11 is 0. The molecule has 0 atom stereocenters. The summed E-state index contributed by atoms with van der Waals surface area (Å²) < 4.78 is 0.787. The van der Waals surface area contributed by atoms with Crippen LogP contribution < -0.4 is 11.2 Å². The molecular formula is C14H19N3O5. The zero-order valence-electron chi connectivity index (χ0n) is 12.6. The molecule has 0 spiro atoms. The topological polar surface area (TPSA) is 112 Å². The van der Waals surface area contributed by atoms with Crippen molar-refractivity contribution in [3.05, 3.63) is 32.6 Å². The van der Waals surface area contributed by atoms with Gasteiger partial charge in [-0.15, -0.1) is 0 Å². The van der Waals surface area contributed by atoms with Crippen LogP contribution in [0.3, 0.4) is 0 Å². The molecule has 0 aromatic carbocycles. The van der Waals surface area contributed by atoms with Crippen LogP contribution in [0.25, 0.3) is 0 Å². The number of amides is 1. The normalized spacial score (nSPS) is 17.0. The molecule has 22 heavy (non-hydrogen) atoms. The van der Waals surface area contributed by atoms with Gasteiger partial charge in [0.05, 0.1) is 0 Å². The van der Waals surface area contributed by atoms with E-state index >= 15 is 0 Å². The second kappa shape index (κ2) is 5.78. The maximum atomic E-state index is 12.6. The van der Waals surface area contributed by atoms with Gasteiger partial charge in [0.2, 0.25) is 0 Å². The Balaban J connectivity index is 2.44. The van der Waals surface area contributed by atoms with Crippen molar-refractivity contribution < 1.29 is 14.7 Å². The van der Waals surface area contributed by atoms with E-state index in [-0.39, 0.29) is 5.56 Å². The van der Waals surface area contributed by atoms with E-state index in [0.29, 0.717) is 25.7 Å². The summed E-state index contributed by atoms with van der Waals surface area (Å²) in [6.07, 6.45) is 4.11. The number of hydrogen-bond donors (Lipinski definition) is 2. The number of carbonyl (C=O) groups excluding carboxylic acids is 1.